The second kappa shape index (κ2) is 13.8. The Bertz CT molecular complexity index is 1040. The Balaban J connectivity index is 1.36. The van der Waals surface area contributed by atoms with E-state index in [4.69, 9.17) is 10.8 Å². The van der Waals surface area contributed by atoms with Crippen LogP contribution < -0.4 is 10.8 Å². The van der Waals surface area contributed by atoms with Gasteiger partial charge in [-0.25, -0.2) is 0 Å². The fourth-order valence-corrected chi connectivity index (χ4v) is 5.20. The van der Waals surface area contributed by atoms with Crippen molar-refractivity contribution in [2.45, 2.75) is 44.1 Å². The fraction of sp³-hybridized carbons (Fsp3) is 0.625. The molecule has 2 fully saturated rings. The van der Waals surface area contributed by atoms with Gasteiger partial charge < -0.3 is 15.1 Å². The number of nitrogens with one attached hydrogen (secondary N) is 4. The van der Waals surface area contributed by atoms with Gasteiger partial charge in [0.15, 0.2) is 10.2 Å². The number of benzene rings is 1. The van der Waals surface area contributed by atoms with Crippen molar-refractivity contribution in [3.8, 4) is 0 Å². The van der Waals surface area contributed by atoms with Gasteiger partial charge in [0, 0.05) is 57.4 Å². The van der Waals surface area contributed by atoms with Gasteiger partial charge in [0.05, 0.1) is 18.4 Å². The summed E-state index contributed by atoms with van der Waals surface area (Å²) in [5.74, 6) is 0.00952. The minimum atomic E-state index is -4.76. The van der Waals surface area contributed by atoms with Crippen LogP contribution in [0, 0.1) is 10.8 Å². The van der Waals surface area contributed by atoms with Crippen molar-refractivity contribution in [2.24, 2.45) is 0 Å². The molecule has 0 saturated carbocycles. The quantitative estimate of drug-likeness (QED) is 0.149. The summed E-state index contributed by atoms with van der Waals surface area (Å²) < 4.78 is 77.8. The lowest BCUT2D eigenvalue weighted by Crippen LogP contribution is -2.48. The van der Waals surface area contributed by atoms with Crippen LogP contribution >= 0.6 is 11.8 Å². The van der Waals surface area contributed by atoms with Crippen LogP contribution in [0.25, 0.3) is 0 Å². The number of nitrogens with zero attached hydrogens (tertiary/aromatic N) is 3. The average molecular weight is 598 g/mol. The van der Waals surface area contributed by atoms with Gasteiger partial charge in [0.25, 0.3) is 0 Å². The molecule has 40 heavy (non-hydrogen) atoms. The molecule has 0 aliphatic carbocycles. The second-order valence-corrected chi connectivity index (χ2v) is 10.5. The molecule has 0 atom stereocenters. The number of piperidine rings is 1. The zero-order chi connectivity index (χ0) is 29.5. The van der Waals surface area contributed by atoms with Gasteiger partial charge in [-0.2, -0.15) is 26.3 Å². The summed E-state index contributed by atoms with van der Waals surface area (Å²) in [5, 5.41) is 16.2. The Kier molecular flexibility index (Phi) is 10.9. The average Bonchev–Trinajstić information content (AvgIpc) is 2.89. The molecule has 0 unspecified atom stereocenters. The lowest BCUT2D eigenvalue weighted by atomic mass is 10.0. The van der Waals surface area contributed by atoms with E-state index < -0.39 is 23.0 Å². The Hall–Kier alpha value is -2.72. The van der Waals surface area contributed by atoms with Crippen molar-refractivity contribution in [3.63, 3.8) is 0 Å². The molecule has 0 radical (unpaired) electrons. The lowest BCUT2D eigenvalue weighted by Gasteiger charge is -2.36. The molecule has 16 heteroatoms. The van der Waals surface area contributed by atoms with Crippen molar-refractivity contribution in [1.29, 1.82) is 10.8 Å². The first-order valence-corrected chi connectivity index (χ1v) is 13.5. The molecule has 2 heterocycles. The van der Waals surface area contributed by atoms with E-state index in [0.717, 1.165) is 6.07 Å². The monoisotopic (exact) mass is 597 g/mol. The van der Waals surface area contributed by atoms with Gasteiger partial charge in [-0.3, -0.25) is 30.8 Å². The van der Waals surface area contributed by atoms with Gasteiger partial charge in [-0.15, -0.1) is 0 Å². The minimum absolute atomic E-state index is 0.00952. The standard InChI is InChI=1S/C24H33F6N7O2S/c1-39-34-19-5-4-17(15-18(19)23(25,26)27)33-16-6-9-36(10-7-16)20(38)3-2-8-35-11-13-37(14-12-35)22(32)40-21(31)24(28,29)30/h4-5,15-16,31-34H,2-3,6-14H2,1H3. The highest BCUT2D eigenvalue weighted by Crippen LogP contribution is 2.37. The third-order valence-electron chi connectivity index (χ3n) is 6.74. The van der Waals surface area contributed by atoms with Crippen molar-refractivity contribution in [3.05, 3.63) is 23.8 Å². The van der Waals surface area contributed by atoms with E-state index in [1.807, 2.05) is 0 Å². The number of hydrogen-bond donors (Lipinski definition) is 4. The number of amides is 1. The van der Waals surface area contributed by atoms with Crippen LogP contribution in [0.1, 0.15) is 31.2 Å². The minimum Gasteiger partial charge on any atom is -0.382 e. The molecule has 9 nitrogen and oxygen atoms in total. The molecule has 2 aliphatic rings. The number of thioether (sulfide) groups is 1. The van der Waals surface area contributed by atoms with Crippen LogP contribution in [0.3, 0.4) is 0 Å². The van der Waals surface area contributed by atoms with Crippen molar-refractivity contribution in [2.75, 3.05) is 63.7 Å². The van der Waals surface area contributed by atoms with Crippen molar-refractivity contribution >= 4 is 39.3 Å². The first-order valence-electron chi connectivity index (χ1n) is 12.7. The topological polar surface area (TPSA) is 108 Å². The molecule has 2 saturated heterocycles. The summed E-state index contributed by atoms with van der Waals surface area (Å²) in [6.07, 6.45) is -7.15. The van der Waals surface area contributed by atoms with E-state index in [-0.39, 0.29) is 34.6 Å². The normalized spacial score (nSPS) is 17.6. The SMILES string of the molecule is CONc1ccc(NC2CCN(C(=O)CCCN3CCN(C(=N)SC(=N)C(F)(F)F)CC3)CC2)cc1C(F)(F)F. The molecule has 4 N–H and O–H groups in total. The predicted molar refractivity (Wildman–Crippen MR) is 142 cm³/mol. The van der Waals surface area contributed by atoms with Crippen LogP contribution in [0.5, 0.6) is 0 Å². The van der Waals surface area contributed by atoms with Gasteiger partial charge in [0.2, 0.25) is 5.91 Å². The zero-order valence-corrected chi connectivity index (χ0v) is 22.7. The highest BCUT2D eigenvalue weighted by atomic mass is 32.2. The molecule has 3 rings (SSSR count). The third kappa shape index (κ3) is 9.16. The number of amidine groups is 1. The molecular weight excluding hydrogens is 564 g/mol. The Morgan fingerprint density at radius 1 is 1.02 bits per heavy atom. The van der Waals surface area contributed by atoms with Gasteiger partial charge in [0.1, 0.15) is 0 Å². The summed E-state index contributed by atoms with van der Waals surface area (Å²) in [6.45, 7) is 3.49. The van der Waals surface area contributed by atoms with Crippen molar-refractivity contribution < 1.29 is 36.0 Å². The Labute approximate surface area is 232 Å². The van der Waals surface area contributed by atoms with E-state index in [0.29, 0.717) is 77.2 Å². The molecule has 1 aromatic rings. The number of halogens is 6. The number of carbonyl (C=O) groups excluding carboxylic acids is 1. The van der Waals surface area contributed by atoms with E-state index in [1.165, 1.54) is 18.1 Å². The maximum atomic E-state index is 13.4. The van der Waals surface area contributed by atoms with Crippen LogP contribution in [-0.4, -0.2) is 96.0 Å². The zero-order valence-electron chi connectivity index (χ0n) is 21.9. The predicted octanol–water partition coefficient (Wildman–Crippen LogP) is 4.69. The highest BCUT2D eigenvalue weighted by Gasteiger charge is 2.37. The van der Waals surface area contributed by atoms with Gasteiger partial charge >= 0.3 is 12.4 Å². The second-order valence-electron chi connectivity index (χ2n) is 9.53. The number of likely N-dealkylation sites (tertiary alicyclic amines) is 1. The lowest BCUT2D eigenvalue weighted by molar-refractivity contribution is -0.137. The maximum Gasteiger partial charge on any atom is 0.439 e. The first kappa shape index (κ1) is 31.8. The summed E-state index contributed by atoms with van der Waals surface area (Å²) >= 11 is 0.0981. The molecule has 1 amide bonds. The first-order chi connectivity index (χ1) is 18.8. The summed E-state index contributed by atoms with van der Waals surface area (Å²) in [4.78, 5) is 22.7. The van der Waals surface area contributed by atoms with Gasteiger partial charge in [-0.1, -0.05) is 0 Å². The summed E-state index contributed by atoms with van der Waals surface area (Å²) in [7, 11) is 1.23. The van der Waals surface area contributed by atoms with E-state index in [2.05, 4.69) is 20.5 Å². The number of piperazine rings is 1. The summed E-state index contributed by atoms with van der Waals surface area (Å²) in [6, 6.07) is 3.81. The van der Waals surface area contributed by atoms with E-state index >= 15 is 0 Å². The molecule has 224 valence electrons. The summed E-state index contributed by atoms with van der Waals surface area (Å²) in [5.41, 5.74) is 1.56. The van der Waals surface area contributed by atoms with Crippen molar-refractivity contribution in [1.82, 2.24) is 14.7 Å². The van der Waals surface area contributed by atoms with Crippen LogP contribution in [-0.2, 0) is 15.8 Å². The fourth-order valence-electron chi connectivity index (χ4n) is 4.58. The molecule has 1 aromatic carbocycles. The van der Waals surface area contributed by atoms with Crippen LogP contribution in [0.4, 0.5) is 37.7 Å². The number of hydrogen-bond acceptors (Lipinski definition) is 8. The van der Waals surface area contributed by atoms with Crippen LogP contribution in [0.15, 0.2) is 18.2 Å². The number of carbonyl (C=O) groups is 1. The Morgan fingerprint density at radius 3 is 2.25 bits per heavy atom. The molecular formula is C24H33F6N7O2S. The largest absolute Gasteiger partial charge is 0.439 e. The Morgan fingerprint density at radius 2 is 1.68 bits per heavy atom. The molecule has 0 bridgehead atoms. The van der Waals surface area contributed by atoms with E-state index in [9.17, 15) is 31.1 Å². The molecule has 0 aromatic heterocycles. The van der Waals surface area contributed by atoms with Crippen LogP contribution in [0.2, 0.25) is 0 Å². The number of anilines is 2. The number of alkyl halides is 6. The molecule has 0 spiro atoms. The molecule has 2 aliphatic heterocycles. The number of rotatable bonds is 8. The maximum absolute atomic E-state index is 13.4. The highest BCUT2D eigenvalue weighted by molar-refractivity contribution is 8.26. The smallest absolute Gasteiger partial charge is 0.382 e. The van der Waals surface area contributed by atoms with Gasteiger partial charge in [-0.05, 0) is 55.8 Å². The van der Waals surface area contributed by atoms with E-state index in [1.54, 1.807) is 11.0 Å². The third-order valence-corrected chi connectivity index (χ3v) is 7.62.